The maximum absolute atomic E-state index is 9.55. The van der Waals surface area contributed by atoms with E-state index in [1.54, 1.807) is 7.11 Å². The molecule has 0 spiro atoms. The molecule has 0 fully saturated rings. The molecule has 0 saturated heterocycles. The Kier molecular flexibility index (Phi) is 5.48. The van der Waals surface area contributed by atoms with E-state index in [-0.39, 0.29) is 12.0 Å². The first-order chi connectivity index (χ1) is 8.54. The molecule has 1 N–H and O–H groups in total. The van der Waals surface area contributed by atoms with Crippen LogP contribution in [0.5, 0.6) is 5.75 Å². The van der Waals surface area contributed by atoms with Gasteiger partial charge in [0.1, 0.15) is 5.75 Å². The van der Waals surface area contributed by atoms with Crippen molar-refractivity contribution in [3.8, 4) is 5.75 Å². The molecule has 1 unspecified atom stereocenters. The number of nitrogens with zero attached hydrogens (tertiary/aromatic N) is 1. The highest BCUT2D eigenvalue weighted by Crippen LogP contribution is 2.26. The Bertz CT molecular complexity index is 350. The van der Waals surface area contributed by atoms with Gasteiger partial charge in [-0.15, -0.1) is 0 Å². The molecular formula is C15H25NO2. The molecule has 1 rings (SSSR count). The summed E-state index contributed by atoms with van der Waals surface area (Å²) in [5.74, 6) is 0.866. The van der Waals surface area contributed by atoms with Gasteiger partial charge in [-0.25, -0.2) is 0 Å². The van der Waals surface area contributed by atoms with Gasteiger partial charge in [0.15, 0.2) is 0 Å². The number of aliphatic hydroxyl groups excluding tert-OH is 1. The first kappa shape index (κ1) is 14.8. The number of anilines is 1. The summed E-state index contributed by atoms with van der Waals surface area (Å²) in [4.78, 5) is 2.19. The number of methoxy groups -OCH3 is 1. The predicted octanol–water partition coefficient (Wildman–Crippen LogP) is 2.93. The minimum atomic E-state index is -0.0383. The second-order valence-electron chi connectivity index (χ2n) is 5.27. The molecule has 1 atom stereocenters. The monoisotopic (exact) mass is 251 g/mol. The molecular weight excluding hydrogens is 226 g/mol. The highest BCUT2D eigenvalue weighted by atomic mass is 16.5. The lowest BCUT2D eigenvalue weighted by Gasteiger charge is -2.33. The maximum Gasteiger partial charge on any atom is 0.119 e. The van der Waals surface area contributed by atoms with E-state index in [0.29, 0.717) is 0 Å². The van der Waals surface area contributed by atoms with Crippen molar-refractivity contribution in [2.75, 3.05) is 32.2 Å². The van der Waals surface area contributed by atoms with Crippen LogP contribution in [0, 0.1) is 5.41 Å². The molecule has 102 valence electrons. The van der Waals surface area contributed by atoms with Crippen molar-refractivity contribution >= 4 is 5.69 Å². The molecule has 0 amide bonds. The van der Waals surface area contributed by atoms with Crippen LogP contribution in [0.1, 0.15) is 26.7 Å². The van der Waals surface area contributed by atoms with Crippen LogP contribution in [-0.2, 0) is 0 Å². The normalized spacial score (nSPS) is 14.1. The molecule has 0 bridgehead atoms. The second kappa shape index (κ2) is 6.64. The quantitative estimate of drug-likeness (QED) is 0.808. The third-order valence-corrected chi connectivity index (χ3v) is 3.37. The summed E-state index contributed by atoms with van der Waals surface area (Å²) < 4.78 is 5.15. The van der Waals surface area contributed by atoms with Crippen molar-refractivity contribution in [1.82, 2.24) is 0 Å². The molecule has 0 aliphatic heterocycles. The van der Waals surface area contributed by atoms with Crippen molar-refractivity contribution in [2.45, 2.75) is 26.7 Å². The van der Waals surface area contributed by atoms with Gasteiger partial charge >= 0.3 is 0 Å². The third-order valence-electron chi connectivity index (χ3n) is 3.37. The highest BCUT2D eigenvalue weighted by Gasteiger charge is 2.24. The number of rotatable bonds is 7. The minimum Gasteiger partial charge on any atom is -0.497 e. The second-order valence-corrected chi connectivity index (χ2v) is 5.27. The zero-order valence-corrected chi connectivity index (χ0v) is 11.9. The number of benzene rings is 1. The van der Waals surface area contributed by atoms with Gasteiger partial charge in [-0.3, -0.25) is 0 Å². The Morgan fingerprint density at radius 1 is 1.28 bits per heavy atom. The molecule has 1 aromatic rings. The van der Waals surface area contributed by atoms with Crippen LogP contribution in [0.4, 0.5) is 5.69 Å². The Hall–Kier alpha value is -1.22. The fourth-order valence-corrected chi connectivity index (χ4v) is 2.31. The molecule has 1 aromatic carbocycles. The van der Waals surface area contributed by atoms with Crippen LogP contribution in [0.2, 0.25) is 0 Å². The minimum absolute atomic E-state index is 0.0383. The fourth-order valence-electron chi connectivity index (χ4n) is 2.31. The van der Waals surface area contributed by atoms with Crippen LogP contribution >= 0.6 is 0 Å². The van der Waals surface area contributed by atoms with Crippen molar-refractivity contribution in [3.05, 3.63) is 24.3 Å². The molecule has 0 radical (unpaired) electrons. The van der Waals surface area contributed by atoms with E-state index >= 15 is 0 Å². The van der Waals surface area contributed by atoms with Gasteiger partial charge in [-0.1, -0.05) is 20.3 Å². The van der Waals surface area contributed by atoms with E-state index in [1.165, 1.54) is 0 Å². The molecule has 3 nitrogen and oxygen atoms in total. The van der Waals surface area contributed by atoms with Crippen LogP contribution in [0.3, 0.4) is 0 Å². The lowest BCUT2D eigenvalue weighted by Crippen LogP contribution is -2.36. The molecule has 0 aromatic heterocycles. The average Bonchev–Trinajstić information content (AvgIpc) is 2.39. The van der Waals surface area contributed by atoms with Crippen molar-refractivity contribution < 1.29 is 9.84 Å². The number of hydrogen-bond acceptors (Lipinski definition) is 3. The van der Waals surface area contributed by atoms with Gasteiger partial charge < -0.3 is 14.7 Å². The van der Waals surface area contributed by atoms with Gasteiger partial charge in [0.25, 0.3) is 0 Å². The highest BCUT2D eigenvalue weighted by molar-refractivity contribution is 5.48. The molecule has 18 heavy (non-hydrogen) atoms. The first-order valence-corrected chi connectivity index (χ1v) is 6.50. The average molecular weight is 251 g/mol. The lowest BCUT2D eigenvalue weighted by atomic mass is 9.86. The van der Waals surface area contributed by atoms with Gasteiger partial charge in [-0.2, -0.15) is 0 Å². The molecule has 3 heteroatoms. The largest absolute Gasteiger partial charge is 0.497 e. The standard InChI is InChI=1S/C15H25NO2/c1-5-10-15(2,12-17)11-16(3)13-6-8-14(18-4)9-7-13/h6-9,17H,5,10-12H2,1-4H3. The summed E-state index contributed by atoms with van der Waals surface area (Å²) in [7, 11) is 3.73. The summed E-state index contributed by atoms with van der Waals surface area (Å²) in [6.45, 7) is 5.36. The maximum atomic E-state index is 9.55. The van der Waals surface area contributed by atoms with E-state index in [4.69, 9.17) is 4.74 Å². The van der Waals surface area contributed by atoms with Gasteiger partial charge in [0.2, 0.25) is 0 Å². The molecule has 0 aliphatic carbocycles. The van der Waals surface area contributed by atoms with Crippen LogP contribution in [-0.4, -0.2) is 32.4 Å². The first-order valence-electron chi connectivity index (χ1n) is 6.50. The predicted molar refractivity (Wildman–Crippen MR) is 76.4 cm³/mol. The Labute approximate surface area is 110 Å². The zero-order chi connectivity index (χ0) is 13.6. The van der Waals surface area contributed by atoms with Crippen LogP contribution in [0.25, 0.3) is 0 Å². The Morgan fingerprint density at radius 2 is 1.89 bits per heavy atom. The number of aliphatic hydroxyl groups is 1. The smallest absolute Gasteiger partial charge is 0.119 e. The Balaban J connectivity index is 2.70. The molecule has 0 saturated carbocycles. The topological polar surface area (TPSA) is 32.7 Å². The lowest BCUT2D eigenvalue weighted by molar-refractivity contribution is 0.138. The third kappa shape index (κ3) is 3.91. The number of ether oxygens (including phenoxy) is 1. The summed E-state index contributed by atoms with van der Waals surface area (Å²) in [6, 6.07) is 8.01. The summed E-state index contributed by atoms with van der Waals surface area (Å²) in [5, 5.41) is 9.55. The van der Waals surface area contributed by atoms with E-state index in [1.807, 2.05) is 24.3 Å². The SMILES string of the molecule is CCCC(C)(CO)CN(C)c1ccc(OC)cc1. The van der Waals surface area contributed by atoms with Crippen LogP contribution in [0.15, 0.2) is 24.3 Å². The van der Waals surface area contributed by atoms with E-state index in [2.05, 4.69) is 25.8 Å². The van der Waals surface area contributed by atoms with Crippen molar-refractivity contribution in [1.29, 1.82) is 0 Å². The summed E-state index contributed by atoms with van der Waals surface area (Å²) in [5.41, 5.74) is 1.11. The summed E-state index contributed by atoms with van der Waals surface area (Å²) in [6.07, 6.45) is 2.12. The zero-order valence-electron chi connectivity index (χ0n) is 11.9. The van der Waals surface area contributed by atoms with Gasteiger partial charge in [-0.05, 0) is 30.7 Å². The van der Waals surface area contributed by atoms with Crippen molar-refractivity contribution in [3.63, 3.8) is 0 Å². The van der Waals surface area contributed by atoms with E-state index in [9.17, 15) is 5.11 Å². The number of hydrogen-bond donors (Lipinski definition) is 1. The summed E-state index contributed by atoms with van der Waals surface area (Å²) >= 11 is 0. The molecule has 0 heterocycles. The van der Waals surface area contributed by atoms with E-state index < -0.39 is 0 Å². The van der Waals surface area contributed by atoms with Crippen molar-refractivity contribution in [2.24, 2.45) is 5.41 Å². The fraction of sp³-hybridized carbons (Fsp3) is 0.600. The van der Waals surface area contributed by atoms with Crippen LogP contribution < -0.4 is 9.64 Å². The molecule has 0 aliphatic rings. The Morgan fingerprint density at radius 3 is 2.33 bits per heavy atom. The van der Waals surface area contributed by atoms with E-state index in [0.717, 1.165) is 30.8 Å². The van der Waals surface area contributed by atoms with Gasteiger partial charge in [0, 0.05) is 24.7 Å². The van der Waals surface area contributed by atoms with Gasteiger partial charge in [0.05, 0.1) is 13.7 Å².